The SMILES string of the molecule is COc1cccc(OC)c1C(N)CC1Cc2ccccc21. The van der Waals surface area contributed by atoms with Crippen LogP contribution in [0, 0.1) is 0 Å². The Labute approximate surface area is 125 Å². The number of methoxy groups -OCH3 is 2. The number of hydrogen-bond donors (Lipinski definition) is 1. The van der Waals surface area contributed by atoms with Gasteiger partial charge in [-0.2, -0.15) is 0 Å². The van der Waals surface area contributed by atoms with Gasteiger partial charge in [-0.1, -0.05) is 30.3 Å². The second kappa shape index (κ2) is 5.78. The smallest absolute Gasteiger partial charge is 0.127 e. The number of rotatable bonds is 5. The quantitative estimate of drug-likeness (QED) is 0.914. The van der Waals surface area contributed by atoms with Crippen molar-refractivity contribution in [2.75, 3.05) is 14.2 Å². The first-order valence-electron chi connectivity index (χ1n) is 7.29. The Kier molecular flexibility index (Phi) is 3.84. The van der Waals surface area contributed by atoms with Crippen LogP contribution in [0.4, 0.5) is 0 Å². The van der Waals surface area contributed by atoms with Gasteiger partial charge in [0.15, 0.2) is 0 Å². The van der Waals surface area contributed by atoms with Gasteiger partial charge in [0.1, 0.15) is 11.5 Å². The number of hydrogen-bond acceptors (Lipinski definition) is 3. The summed E-state index contributed by atoms with van der Waals surface area (Å²) in [6.07, 6.45) is 2.02. The summed E-state index contributed by atoms with van der Waals surface area (Å²) >= 11 is 0. The Morgan fingerprint density at radius 1 is 1.05 bits per heavy atom. The summed E-state index contributed by atoms with van der Waals surface area (Å²) in [6.45, 7) is 0. The summed E-state index contributed by atoms with van der Waals surface area (Å²) in [4.78, 5) is 0. The lowest BCUT2D eigenvalue weighted by Crippen LogP contribution is -2.23. The molecule has 2 aromatic rings. The van der Waals surface area contributed by atoms with Gasteiger partial charge >= 0.3 is 0 Å². The van der Waals surface area contributed by atoms with Gasteiger partial charge in [0.2, 0.25) is 0 Å². The Morgan fingerprint density at radius 3 is 2.33 bits per heavy atom. The summed E-state index contributed by atoms with van der Waals surface area (Å²) in [5.41, 5.74) is 10.3. The third kappa shape index (κ3) is 2.49. The molecule has 0 spiro atoms. The molecule has 0 aliphatic heterocycles. The van der Waals surface area contributed by atoms with E-state index >= 15 is 0 Å². The molecule has 0 aromatic heterocycles. The fourth-order valence-corrected chi connectivity index (χ4v) is 3.24. The summed E-state index contributed by atoms with van der Waals surface area (Å²) in [7, 11) is 3.34. The van der Waals surface area contributed by atoms with Gasteiger partial charge in [0, 0.05) is 6.04 Å². The number of ether oxygens (including phenoxy) is 2. The van der Waals surface area contributed by atoms with E-state index in [1.807, 2.05) is 18.2 Å². The molecule has 110 valence electrons. The molecule has 0 heterocycles. The van der Waals surface area contributed by atoms with Crippen LogP contribution in [0.5, 0.6) is 11.5 Å². The standard InChI is InChI=1S/C18H21NO2/c1-20-16-8-5-9-17(21-2)18(16)15(19)11-13-10-12-6-3-4-7-14(12)13/h3-9,13,15H,10-11,19H2,1-2H3. The Bertz CT molecular complexity index is 617. The van der Waals surface area contributed by atoms with Crippen LogP contribution >= 0.6 is 0 Å². The first kappa shape index (κ1) is 14.0. The zero-order valence-electron chi connectivity index (χ0n) is 12.5. The lowest BCUT2D eigenvalue weighted by Gasteiger charge is -2.32. The minimum atomic E-state index is -0.0885. The molecule has 21 heavy (non-hydrogen) atoms. The van der Waals surface area contributed by atoms with E-state index in [0.717, 1.165) is 29.9 Å². The number of benzene rings is 2. The Balaban J connectivity index is 1.82. The molecule has 2 atom stereocenters. The van der Waals surface area contributed by atoms with Crippen molar-refractivity contribution >= 4 is 0 Å². The van der Waals surface area contributed by atoms with Crippen LogP contribution in [0.2, 0.25) is 0 Å². The Morgan fingerprint density at radius 2 is 1.71 bits per heavy atom. The maximum Gasteiger partial charge on any atom is 0.127 e. The van der Waals surface area contributed by atoms with E-state index in [1.165, 1.54) is 11.1 Å². The zero-order chi connectivity index (χ0) is 14.8. The van der Waals surface area contributed by atoms with Crippen molar-refractivity contribution in [3.8, 4) is 11.5 Å². The molecule has 0 bridgehead atoms. The predicted octanol–water partition coefficient (Wildman–Crippen LogP) is 3.43. The van der Waals surface area contributed by atoms with E-state index in [2.05, 4.69) is 24.3 Å². The molecule has 0 saturated carbocycles. The van der Waals surface area contributed by atoms with Crippen LogP contribution in [-0.2, 0) is 6.42 Å². The van der Waals surface area contributed by atoms with Crippen LogP contribution in [0.3, 0.4) is 0 Å². The van der Waals surface area contributed by atoms with E-state index < -0.39 is 0 Å². The van der Waals surface area contributed by atoms with E-state index in [1.54, 1.807) is 14.2 Å². The highest BCUT2D eigenvalue weighted by Gasteiger charge is 2.29. The Hall–Kier alpha value is -2.00. The lowest BCUT2D eigenvalue weighted by atomic mass is 9.74. The first-order chi connectivity index (χ1) is 10.2. The molecule has 2 N–H and O–H groups in total. The normalized spacial score (nSPS) is 17.6. The predicted molar refractivity (Wildman–Crippen MR) is 84.0 cm³/mol. The second-order valence-electron chi connectivity index (χ2n) is 5.52. The third-order valence-electron chi connectivity index (χ3n) is 4.34. The molecule has 3 heteroatoms. The van der Waals surface area contributed by atoms with E-state index in [9.17, 15) is 0 Å². The molecule has 2 unspecified atom stereocenters. The van der Waals surface area contributed by atoms with Crippen LogP contribution in [0.1, 0.15) is 35.1 Å². The minimum Gasteiger partial charge on any atom is -0.496 e. The van der Waals surface area contributed by atoms with Crippen molar-refractivity contribution in [2.24, 2.45) is 5.73 Å². The van der Waals surface area contributed by atoms with Crippen LogP contribution < -0.4 is 15.2 Å². The van der Waals surface area contributed by atoms with E-state index in [0.29, 0.717) is 5.92 Å². The summed E-state index contributed by atoms with van der Waals surface area (Å²) in [5.74, 6) is 2.13. The van der Waals surface area contributed by atoms with Gasteiger partial charge in [0.05, 0.1) is 19.8 Å². The van der Waals surface area contributed by atoms with Crippen molar-refractivity contribution in [1.29, 1.82) is 0 Å². The van der Waals surface area contributed by atoms with Crippen LogP contribution in [-0.4, -0.2) is 14.2 Å². The lowest BCUT2D eigenvalue weighted by molar-refractivity contribution is 0.371. The van der Waals surface area contributed by atoms with Gasteiger partial charge in [-0.25, -0.2) is 0 Å². The zero-order valence-corrected chi connectivity index (χ0v) is 12.5. The second-order valence-corrected chi connectivity index (χ2v) is 5.52. The van der Waals surface area contributed by atoms with Gasteiger partial charge in [-0.3, -0.25) is 0 Å². The third-order valence-corrected chi connectivity index (χ3v) is 4.34. The summed E-state index contributed by atoms with van der Waals surface area (Å²) in [6, 6.07) is 14.3. The van der Waals surface area contributed by atoms with E-state index in [4.69, 9.17) is 15.2 Å². The molecule has 1 aliphatic rings. The number of nitrogens with two attached hydrogens (primary N) is 1. The number of fused-ring (bicyclic) bond motifs is 1. The van der Waals surface area contributed by atoms with Gasteiger partial charge in [-0.05, 0) is 42.0 Å². The van der Waals surface area contributed by atoms with Crippen molar-refractivity contribution in [1.82, 2.24) is 0 Å². The highest BCUT2D eigenvalue weighted by Crippen LogP contribution is 2.43. The topological polar surface area (TPSA) is 44.5 Å². The molecule has 3 nitrogen and oxygen atoms in total. The molecule has 3 rings (SSSR count). The van der Waals surface area contributed by atoms with Gasteiger partial charge in [0.25, 0.3) is 0 Å². The van der Waals surface area contributed by atoms with Crippen molar-refractivity contribution in [2.45, 2.75) is 24.8 Å². The van der Waals surface area contributed by atoms with Crippen molar-refractivity contribution in [3.05, 3.63) is 59.2 Å². The molecule has 0 amide bonds. The van der Waals surface area contributed by atoms with Crippen LogP contribution in [0.15, 0.2) is 42.5 Å². The summed E-state index contributed by atoms with van der Waals surface area (Å²) < 4.78 is 10.9. The highest BCUT2D eigenvalue weighted by atomic mass is 16.5. The summed E-state index contributed by atoms with van der Waals surface area (Å²) in [5, 5.41) is 0. The molecule has 0 fully saturated rings. The van der Waals surface area contributed by atoms with E-state index in [-0.39, 0.29) is 6.04 Å². The molecule has 2 aromatic carbocycles. The fourth-order valence-electron chi connectivity index (χ4n) is 3.24. The minimum absolute atomic E-state index is 0.0885. The molecule has 1 aliphatic carbocycles. The van der Waals surface area contributed by atoms with Gasteiger partial charge < -0.3 is 15.2 Å². The first-order valence-corrected chi connectivity index (χ1v) is 7.29. The van der Waals surface area contributed by atoms with Crippen molar-refractivity contribution in [3.63, 3.8) is 0 Å². The molecular weight excluding hydrogens is 262 g/mol. The maximum absolute atomic E-state index is 6.46. The van der Waals surface area contributed by atoms with Crippen LogP contribution in [0.25, 0.3) is 0 Å². The fraction of sp³-hybridized carbons (Fsp3) is 0.333. The molecule has 0 saturated heterocycles. The average Bonchev–Trinajstić information content (AvgIpc) is 2.51. The maximum atomic E-state index is 6.46. The largest absolute Gasteiger partial charge is 0.496 e. The highest BCUT2D eigenvalue weighted by molar-refractivity contribution is 5.48. The van der Waals surface area contributed by atoms with Crippen molar-refractivity contribution < 1.29 is 9.47 Å². The molecule has 0 radical (unpaired) electrons. The monoisotopic (exact) mass is 283 g/mol. The molecular formula is C18H21NO2. The average molecular weight is 283 g/mol. The van der Waals surface area contributed by atoms with Gasteiger partial charge in [-0.15, -0.1) is 0 Å².